The molecule has 1 N–H and O–H groups in total. The molecule has 3 rings (SSSR count). The summed E-state index contributed by atoms with van der Waals surface area (Å²) in [5, 5.41) is 11.2. The molecule has 1 aliphatic rings. The summed E-state index contributed by atoms with van der Waals surface area (Å²) in [4.78, 5) is 0. The molecular formula is C22H28O3. The van der Waals surface area contributed by atoms with E-state index in [0.29, 0.717) is 6.61 Å². The predicted molar refractivity (Wildman–Crippen MR) is 99.1 cm³/mol. The van der Waals surface area contributed by atoms with Crippen LogP contribution in [0.2, 0.25) is 0 Å². The molecule has 0 saturated carbocycles. The Bertz CT molecular complexity index is 628. The number of aliphatic hydroxyl groups excluding tert-OH is 1. The summed E-state index contributed by atoms with van der Waals surface area (Å²) in [6, 6.07) is 19.5. The molecule has 3 atom stereocenters. The lowest BCUT2D eigenvalue weighted by molar-refractivity contribution is -0.343. The Kier molecular flexibility index (Phi) is 6.24. The third-order valence-electron chi connectivity index (χ3n) is 4.88. The van der Waals surface area contributed by atoms with Crippen molar-refractivity contribution in [2.24, 2.45) is 0 Å². The average Bonchev–Trinajstić information content (AvgIpc) is 2.69. The molecule has 0 spiro atoms. The maximum atomic E-state index is 11.2. The van der Waals surface area contributed by atoms with Crippen LogP contribution in [-0.2, 0) is 15.3 Å². The van der Waals surface area contributed by atoms with Crippen LogP contribution < -0.4 is 0 Å². The molecule has 2 aromatic rings. The number of ether oxygens (including phenoxy) is 2. The van der Waals surface area contributed by atoms with Crippen LogP contribution in [-0.4, -0.2) is 17.8 Å². The third kappa shape index (κ3) is 4.12. The maximum Gasteiger partial charge on any atom is 0.226 e. The summed E-state index contributed by atoms with van der Waals surface area (Å²) in [7, 11) is 0. The van der Waals surface area contributed by atoms with Crippen molar-refractivity contribution < 1.29 is 14.6 Å². The minimum absolute atomic E-state index is 0.110. The molecule has 1 fully saturated rings. The van der Waals surface area contributed by atoms with E-state index < -0.39 is 11.9 Å². The van der Waals surface area contributed by atoms with Crippen molar-refractivity contribution in [3.63, 3.8) is 0 Å². The van der Waals surface area contributed by atoms with Crippen LogP contribution in [0.4, 0.5) is 0 Å². The first-order chi connectivity index (χ1) is 12.3. The van der Waals surface area contributed by atoms with Crippen LogP contribution in [0.5, 0.6) is 0 Å². The normalized spacial score (nSPS) is 24.8. The molecule has 3 unspecified atom stereocenters. The van der Waals surface area contributed by atoms with Gasteiger partial charge in [-0.15, -0.1) is 0 Å². The number of rotatable bonds is 7. The fourth-order valence-electron chi connectivity index (χ4n) is 3.49. The van der Waals surface area contributed by atoms with Gasteiger partial charge in [0.2, 0.25) is 5.79 Å². The number of aliphatic hydroxyl groups is 1. The third-order valence-corrected chi connectivity index (χ3v) is 4.88. The first-order valence-electron chi connectivity index (χ1n) is 9.36. The number of hydrogen-bond acceptors (Lipinski definition) is 3. The number of hydrogen-bond donors (Lipinski definition) is 1. The van der Waals surface area contributed by atoms with Crippen LogP contribution in [0.3, 0.4) is 0 Å². The summed E-state index contributed by atoms with van der Waals surface area (Å²) < 4.78 is 12.6. The summed E-state index contributed by atoms with van der Waals surface area (Å²) in [6.45, 7) is 2.80. The van der Waals surface area contributed by atoms with Crippen molar-refractivity contribution in [2.45, 2.75) is 57.0 Å². The average molecular weight is 340 g/mol. The van der Waals surface area contributed by atoms with Gasteiger partial charge in [-0.25, -0.2) is 0 Å². The smallest absolute Gasteiger partial charge is 0.226 e. The zero-order chi connectivity index (χ0) is 17.5. The van der Waals surface area contributed by atoms with E-state index in [1.165, 1.54) is 12.8 Å². The number of unbranched alkanes of at least 4 members (excludes halogenated alkanes) is 2. The first-order valence-corrected chi connectivity index (χ1v) is 9.36. The Morgan fingerprint density at radius 1 is 1.04 bits per heavy atom. The Labute approximate surface area is 150 Å². The van der Waals surface area contributed by atoms with Crippen molar-refractivity contribution in [3.8, 4) is 0 Å². The second-order valence-electron chi connectivity index (χ2n) is 6.72. The second kappa shape index (κ2) is 8.61. The van der Waals surface area contributed by atoms with Crippen molar-refractivity contribution >= 4 is 0 Å². The Hall–Kier alpha value is -1.68. The molecule has 3 nitrogen and oxygen atoms in total. The van der Waals surface area contributed by atoms with E-state index in [2.05, 4.69) is 6.92 Å². The van der Waals surface area contributed by atoms with Gasteiger partial charge in [-0.1, -0.05) is 86.8 Å². The van der Waals surface area contributed by atoms with E-state index >= 15 is 0 Å². The Morgan fingerprint density at radius 2 is 1.72 bits per heavy atom. The van der Waals surface area contributed by atoms with Gasteiger partial charge in [0.05, 0.1) is 12.7 Å². The van der Waals surface area contributed by atoms with E-state index in [-0.39, 0.29) is 6.10 Å². The molecular weight excluding hydrogens is 312 g/mol. The SMILES string of the molecule is CCCCCC1CCOC(c2ccccc2)(C(O)c2ccccc2)O1. The van der Waals surface area contributed by atoms with E-state index in [1.807, 2.05) is 60.7 Å². The topological polar surface area (TPSA) is 38.7 Å². The highest BCUT2D eigenvalue weighted by atomic mass is 16.7. The van der Waals surface area contributed by atoms with Crippen molar-refractivity contribution in [2.75, 3.05) is 6.61 Å². The molecule has 0 radical (unpaired) electrons. The van der Waals surface area contributed by atoms with Gasteiger partial charge < -0.3 is 14.6 Å². The van der Waals surface area contributed by atoms with E-state index in [4.69, 9.17) is 9.47 Å². The minimum atomic E-state index is -1.14. The molecule has 0 amide bonds. The van der Waals surface area contributed by atoms with Crippen LogP contribution in [0.15, 0.2) is 60.7 Å². The quantitative estimate of drug-likeness (QED) is 0.724. The highest BCUT2D eigenvalue weighted by Gasteiger charge is 2.47. The molecule has 3 heteroatoms. The highest BCUT2D eigenvalue weighted by Crippen LogP contribution is 2.44. The number of benzene rings is 2. The van der Waals surface area contributed by atoms with Gasteiger partial charge >= 0.3 is 0 Å². The van der Waals surface area contributed by atoms with Gasteiger partial charge in [0.1, 0.15) is 6.10 Å². The molecule has 0 bridgehead atoms. The van der Waals surface area contributed by atoms with Crippen molar-refractivity contribution in [3.05, 3.63) is 71.8 Å². The van der Waals surface area contributed by atoms with Gasteiger partial charge in [-0.2, -0.15) is 0 Å². The van der Waals surface area contributed by atoms with Gasteiger partial charge in [0, 0.05) is 5.56 Å². The lowest BCUT2D eigenvalue weighted by Gasteiger charge is -2.44. The van der Waals surface area contributed by atoms with Crippen LogP contribution >= 0.6 is 0 Å². The predicted octanol–water partition coefficient (Wildman–Crippen LogP) is 4.96. The molecule has 25 heavy (non-hydrogen) atoms. The standard InChI is InChI=1S/C22H28O3/c1-2-3-6-15-20-16-17-24-22(25-20,19-13-9-5-10-14-19)21(23)18-11-7-4-8-12-18/h4-5,7-14,20-21,23H,2-3,6,15-17H2,1H3. The molecule has 2 aromatic carbocycles. The summed E-state index contributed by atoms with van der Waals surface area (Å²) in [5.41, 5.74) is 1.67. The minimum Gasteiger partial charge on any atom is -0.382 e. The van der Waals surface area contributed by atoms with Crippen LogP contribution in [0.25, 0.3) is 0 Å². The fraction of sp³-hybridized carbons (Fsp3) is 0.455. The second-order valence-corrected chi connectivity index (χ2v) is 6.72. The molecule has 1 aliphatic heterocycles. The lowest BCUT2D eigenvalue weighted by Crippen LogP contribution is -2.46. The molecule has 1 heterocycles. The fourth-order valence-corrected chi connectivity index (χ4v) is 3.49. The molecule has 0 aliphatic carbocycles. The first kappa shape index (κ1) is 18.1. The maximum absolute atomic E-state index is 11.2. The van der Waals surface area contributed by atoms with Crippen LogP contribution in [0.1, 0.15) is 56.3 Å². The van der Waals surface area contributed by atoms with E-state index in [0.717, 1.165) is 30.4 Å². The largest absolute Gasteiger partial charge is 0.382 e. The van der Waals surface area contributed by atoms with Crippen molar-refractivity contribution in [1.82, 2.24) is 0 Å². The van der Waals surface area contributed by atoms with E-state index in [1.54, 1.807) is 0 Å². The van der Waals surface area contributed by atoms with Crippen molar-refractivity contribution in [1.29, 1.82) is 0 Å². The monoisotopic (exact) mass is 340 g/mol. The van der Waals surface area contributed by atoms with Crippen LogP contribution in [0, 0.1) is 0 Å². The molecule has 1 saturated heterocycles. The Balaban J connectivity index is 1.90. The van der Waals surface area contributed by atoms with Gasteiger partial charge in [0.25, 0.3) is 0 Å². The zero-order valence-electron chi connectivity index (χ0n) is 14.9. The molecule has 0 aromatic heterocycles. The lowest BCUT2D eigenvalue weighted by atomic mass is 9.92. The highest BCUT2D eigenvalue weighted by molar-refractivity contribution is 5.28. The summed E-state index contributed by atoms with van der Waals surface area (Å²) in [5.74, 6) is -1.14. The van der Waals surface area contributed by atoms with Gasteiger partial charge in [-0.3, -0.25) is 0 Å². The molecule has 134 valence electrons. The summed E-state index contributed by atoms with van der Waals surface area (Å²) >= 11 is 0. The van der Waals surface area contributed by atoms with E-state index in [9.17, 15) is 5.11 Å². The van der Waals surface area contributed by atoms with Gasteiger partial charge in [0.15, 0.2) is 0 Å². The Morgan fingerprint density at radius 3 is 2.40 bits per heavy atom. The van der Waals surface area contributed by atoms with Gasteiger partial charge in [-0.05, 0) is 18.4 Å². The summed E-state index contributed by atoms with van der Waals surface area (Å²) in [6.07, 6.45) is 4.67. The zero-order valence-corrected chi connectivity index (χ0v) is 14.9.